The van der Waals surface area contributed by atoms with Crippen LogP contribution in [-0.4, -0.2) is 67.5 Å². The Balaban J connectivity index is 1.85. The molecule has 1 aromatic heterocycles. The molecule has 1 unspecified atom stereocenters. The number of aryl methyl sites for hydroxylation is 3. The highest BCUT2D eigenvalue weighted by molar-refractivity contribution is 6.23. The lowest BCUT2D eigenvalue weighted by Crippen LogP contribution is -2.63. The van der Waals surface area contributed by atoms with Gasteiger partial charge in [-0.1, -0.05) is 48.7 Å². The van der Waals surface area contributed by atoms with Crippen LogP contribution in [0.3, 0.4) is 0 Å². The lowest BCUT2D eigenvalue weighted by molar-refractivity contribution is -0.553. The van der Waals surface area contributed by atoms with Gasteiger partial charge in [0.25, 0.3) is 5.91 Å². The normalized spacial score (nSPS) is 18.9. The van der Waals surface area contributed by atoms with Crippen LogP contribution in [0.5, 0.6) is 0 Å². The van der Waals surface area contributed by atoms with Crippen molar-refractivity contribution in [3.8, 4) is 0 Å². The number of aromatic nitrogens is 2. The molecule has 31 heavy (non-hydrogen) atoms. The van der Waals surface area contributed by atoms with Gasteiger partial charge in [0.15, 0.2) is 0 Å². The number of amidine groups is 1. The van der Waals surface area contributed by atoms with Crippen LogP contribution in [0.1, 0.15) is 36.4 Å². The molecule has 1 fully saturated rings. The van der Waals surface area contributed by atoms with Gasteiger partial charge in [-0.05, 0) is 38.3 Å². The van der Waals surface area contributed by atoms with Gasteiger partial charge in [-0.2, -0.15) is 0 Å². The maximum Gasteiger partial charge on any atom is 0.421 e. The van der Waals surface area contributed by atoms with Crippen molar-refractivity contribution in [2.45, 2.75) is 47.2 Å². The third kappa shape index (κ3) is 3.66. The number of carbonyl (C=O) groups excluding carboxylic acids is 2. The zero-order valence-electron chi connectivity index (χ0n) is 19.0. The molecule has 0 saturated carbocycles. The van der Waals surface area contributed by atoms with Gasteiger partial charge in [-0.15, -0.1) is 9.78 Å². The number of hydrogen-bond acceptors (Lipinski definition) is 4. The summed E-state index contributed by atoms with van der Waals surface area (Å²) in [5, 5.41) is 4.60. The highest BCUT2D eigenvalue weighted by atomic mass is 16.2. The molecule has 3 amide bonds. The van der Waals surface area contributed by atoms with E-state index in [0.717, 1.165) is 22.5 Å². The first-order valence-electron chi connectivity index (χ1n) is 10.6. The lowest BCUT2D eigenvalue weighted by Gasteiger charge is -2.35. The van der Waals surface area contributed by atoms with Crippen LogP contribution >= 0.6 is 0 Å². The molecular formula is C23H29N6O2+. The number of benzene rings is 1. The molecule has 0 bridgehead atoms. The number of likely N-dealkylation sites (N-methyl/N-ethyl adjacent to an activating group) is 1. The van der Waals surface area contributed by atoms with Crippen molar-refractivity contribution in [1.82, 2.24) is 19.6 Å². The van der Waals surface area contributed by atoms with E-state index in [1.807, 2.05) is 63.5 Å². The Kier molecular flexibility index (Phi) is 5.24. The minimum absolute atomic E-state index is 0.172. The van der Waals surface area contributed by atoms with Crippen LogP contribution in [0.2, 0.25) is 0 Å². The maximum atomic E-state index is 13.5. The van der Waals surface area contributed by atoms with E-state index in [0.29, 0.717) is 24.9 Å². The summed E-state index contributed by atoms with van der Waals surface area (Å²) in [6.07, 6.45) is 0. The molecule has 0 aliphatic carbocycles. The molecule has 162 valence electrons. The monoisotopic (exact) mass is 421 g/mol. The van der Waals surface area contributed by atoms with Gasteiger partial charge in [0.05, 0.1) is 12.2 Å². The second-order valence-corrected chi connectivity index (χ2v) is 8.81. The fourth-order valence-corrected chi connectivity index (χ4v) is 4.21. The first-order chi connectivity index (χ1) is 14.7. The largest absolute Gasteiger partial charge is 0.421 e. The van der Waals surface area contributed by atoms with E-state index in [2.05, 4.69) is 11.2 Å². The third-order valence-corrected chi connectivity index (χ3v) is 5.57. The Labute approximate surface area is 182 Å². The quantitative estimate of drug-likeness (QED) is 0.712. The van der Waals surface area contributed by atoms with Crippen molar-refractivity contribution in [3.05, 3.63) is 52.8 Å². The molecule has 1 atom stereocenters. The summed E-state index contributed by atoms with van der Waals surface area (Å²) in [7, 11) is 1.68. The van der Waals surface area contributed by atoms with Gasteiger partial charge in [-0.25, -0.2) is 9.37 Å². The number of imide groups is 1. The highest BCUT2D eigenvalue weighted by Gasteiger charge is 2.53. The van der Waals surface area contributed by atoms with E-state index in [4.69, 9.17) is 4.99 Å². The first kappa shape index (κ1) is 21.0. The van der Waals surface area contributed by atoms with E-state index in [1.165, 1.54) is 9.80 Å². The van der Waals surface area contributed by atoms with Gasteiger partial charge < -0.3 is 0 Å². The molecule has 4 rings (SSSR count). The predicted molar refractivity (Wildman–Crippen MR) is 118 cm³/mol. The predicted octanol–water partition coefficient (Wildman–Crippen LogP) is 2.56. The van der Waals surface area contributed by atoms with Crippen LogP contribution in [-0.2, 0) is 11.3 Å². The molecule has 1 saturated heterocycles. The number of carbonyl (C=O) groups is 2. The Morgan fingerprint density at radius 1 is 1.13 bits per heavy atom. The highest BCUT2D eigenvalue weighted by Crippen LogP contribution is 2.23. The second kappa shape index (κ2) is 7.76. The summed E-state index contributed by atoms with van der Waals surface area (Å²) >= 11 is 0. The molecule has 8 nitrogen and oxygen atoms in total. The number of rotatable bonds is 4. The SMILES string of the molecule is Cc1cccc(C[N+]2=C(n3nc(C)cc3C)N=C3C2C(=O)N(CC(C)C)C(=O)N3C)c1. The molecular weight excluding hydrogens is 392 g/mol. The summed E-state index contributed by atoms with van der Waals surface area (Å²) in [4.78, 5) is 34.1. The standard InChI is InChI=1S/C23H29N6O2/c1-14(2)12-28-21(30)19-20(26(6)23(28)31)24-22(29-17(5)11-16(4)25-29)27(19)13-18-9-7-8-15(3)10-18/h7-11,14,19H,12-13H2,1-6H3/q+1. The minimum atomic E-state index is -0.666. The summed E-state index contributed by atoms with van der Waals surface area (Å²) in [6.45, 7) is 10.8. The number of nitrogens with zero attached hydrogens (tertiary/aromatic N) is 6. The summed E-state index contributed by atoms with van der Waals surface area (Å²) in [5.41, 5.74) is 4.01. The van der Waals surface area contributed by atoms with Crippen molar-refractivity contribution in [1.29, 1.82) is 0 Å². The van der Waals surface area contributed by atoms with Crippen LogP contribution in [0.4, 0.5) is 4.79 Å². The van der Waals surface area contributed by atoms with Crippen LogP contribution in [0.15, 0.2) is 35.3 Å². The van der Waals surface area contributed by atoms with Crippen LogP contribution < -0.4 is 0 Å². The zero-order valence-corrected chi connectivity index (χ0v) is 19.0. The smallest absolute Gasteiger partial charge is 0.270 e. The minimum Gasteiger partial charge on any atom is -0.270 e. The maximum absolute atomic E-state index is 13.5. The number of amides is 3. The average molecular weight is 422 g/mol. The van der Waals surface area contributed by atoms with Crippen molar-refractivity contribution in [2.24, 2.45) is 10.9 Å². The van der Waals surface area contributed by atoms with Gasteiger partial charge in [0.2, 0.25) is 11.9 Å². The topological polar surface area (TPSA) is 73.8 Å². The Morgan fingerprint density at radius 2 is 1.87 bits per heavy atom. The Morgan fingerprint density at radius 3 is 2.48 bits per heavy atom. The zero-order chi connectivity index (χ0) is 22.4. The fourth-order valence-electron chi connectivity index (χ4n) is 4.21. The summed E-state index contributed by atoms with van der Waals surface area (Å²) in [6, 6.07) is 9.17. The molecule has 2 aliphatic heterocycles. The molecule has 2 aromatic rings. The second-order valence-electron chi connectivity index (χ2n) is 8.81. The lowest BCUT2D eigenvalue weighted by atomic mass is 10.1. The number of urea groups is 1. The molecule has 8 heteroatoms. The van der Waals surface area contributed by atoms with Crippen LogP contribution in [0.25, 0.3) is 0 Å². The van der Waals surface area contributed by atoms with E-state index in [-0.39, 0.29) is 17.9 Å². The van der Waals surface area contributed by atoms with Crippen molar-refractivity contribution in [2.75, 3.05) is 13.6 Å². The number of hydrogen-bond donors (Lipinski definition) is 0. The third-order valence-electron chi connectivity index (χ3n) is 5.57. The number of aliphatic imine (C=N–C) groups is 1. The molecule has 0 spiro atoms. The molecule has 3 heterocycles. The van der Waals surface area contributed by atoms with Crippen molar-refractivity contribution < 1.29 is 14.2 Å². The summed E-state index contributed by atoms with van der Waals surface area (Å²) < 4.78 is 3.72. The van der Waals surface area contributed by atoms with Gasteiger partial charge in [0, 0.05) is 13.6 Å². The van der Waals surface area contributed by atoms with E-state index >= 15 is 0 Å². The Hall–Kier alpha value is -3.29. The van der Waals surface area contributed by atoms with Gasteiger partial charge in [0.1, 0.15) is 5.69 Å². The first-order valence-corrected chi connectivity index (χ1v) is 10.6. The fraction of sp³-hybridized carbons (Fsp3) is 0.435. The van der Waals surface area contributed by atoms with Gasteiger partial charge in [-0.3, -0.25) is 14.6 Å². The van der Waals surface area contributed by atoms with Crippen molar-refractivity contribution >= 4 is 23.7 Å². The summed E-state index contributed by atoms with van der Waals surface area (Å²) in [5.74, 6) is 0.947. The molecule has 1 aromatic carbocycles. The average Bonchev–Trinajstić information content (AvgIpc) is 3.23. The van der Waals surface area contributed by atoms with Crippen molar-refractivity contribution in [3.63, 3.8) is 0 Å². The molecule has 0 N–H and O–H groups in total. The number of fused-ring (bicyclic) bond motifs is 1. The van der Waals surface area contributed by atoms with E-state index in [9.17, 15) is 9.59 Å². The molecule has 0 radical (unpaired) electrons. The molecule has 2 aliphatic rings. The van der Waals surface area contributed by atoms with Crippen LogP contribution in [0, 0.1) is 26.7 Å². The van der Waals surface area contributed by atoms with E-state index < -0.39 is 6.04 Å². The Bertz CT molecular complexity index is 1130. The van der Waals surface area contributed by atoms with E-state index in [1.54, 1.807) is 11.7 Å². The van der Waals surface area contributed by atoms with Gasteiger partial charge >= 0.3 is 12.0 Å².